The van der Waals surface area contributed by atoms with Crippen molar-refractivity contribution in [3.8, 4) is 0 Å². The number of anilines is 1. The molecule has 0 aliphatic carbocycles. The van der Waals surface area contributed by atoms with Gasteiger partial charge in [0.15, 0.2) is 0 Å². The van der Waals surface area contributed by atoms with E-state index in [2.05, 4.69) is 29.8 Å². The highest BCUT2D eigenvalue weighted by atomic mass is 16.3. The molecule has 1 aliphatic rings. The first-order valence-corrected chi connectivity index (χ1v) is 6.41. The van der Waals surface area contributed by atoms with Crippen molar-refractivity contribution in [3.63, 3.8) is 0 Å². The molecule has 0 amide bonds. The number of nitrogens with zero attached hydrogens (tertiary/aromatic N) is 2. The Hall–Kier alpha value is -1.61. The molecule has 3 nitrogen and oxygen atoms in total. The molecular formula is C15H18N2O. The quantitative estimate of drug-likeness (QED) is 0.878. The third kappa shape index (κ3) is 1.66. The maximum Gasteiger partial charge on any atom is 0.102 e. The first kappa shape index (κ1) is 11.5. The lowest BCUT2D eigenvalue weighted by Crippen LogP contribution is -2.64. The van der Waals surface area contributed by atoms with Gasteiger partial charge in [0.25, 0.3) is 0 Å². The largest absolute Gasteiger partial charge is 0.386 e. The summed E-state index contributed by atoms with van der Waals surface area (Å²) in [6, 6.07) is 10.2. The summed E-state index contributed by atoms with van der Waals surface area (Å²) in [5.74, 6) is 0.293. The van der Waals surface area contributed by atoms with Crippen LogP contribution in [-0.2, 0) is 0 Å². The second-order valence-electron chi connectivity index (χ2n) is 5.46. The van der Waals surface area contributed by atoms with Gasteiger partial charge in [-0.3, -0.25) is 4.98 Å². The number of hydrogen-bond acceptors (Lipinski definition) is 3. The van der Waals surface area contributed by atoms with Crippen LogP contribution in [0.3, 0.4) is 0 Å². The predicted molar refractivity (Wildman–Crippen MR) is 73.7 cm³/mol. The Morgan fingerprint density at radius 2 is 1.94 bits per heavy atom. The van der Waals surface area contributed by atoms with Gasteiger partial charge in [-0.05, 0) is 18.1 Å². The van der Waals surface area contributed by atoms with E-state index in [4.69, 9.17) is 0 Å². The smallest absolute Gasteiger partial charge is 0.102 e. The van der Waals surface area contributed by atoms with Crippen LogP contribution < -0.4 is 4.90 Å². The minimum absolute atomic E-state index is 0.293. The van der Waals surface area contributed by atoms with Gasteiger partial charge in [0.05, 0.1) is 5.52 Å². The van der Waals surface area contributed by atoms with Crippen molar-refractivity contribution in [2.75, 3.05) is 18.0 Å². The van der Waals surface area contributed by atoms with Gasteiger partial charge >= 0.3 is 0 Å². The molecule has 1 N–H and O–H groups in total. The Morgan fingerprint density at radius 3 is 2.67 bits per heavy atom. The number of hydrogen-bond donors (Lipinski definition) is 1. The van der Waals surface area contributed by atoms with Gasteiger partial charge in [-0.15, -0.1) is 0 Å². The van der Waals surface area contributed by atoms with Crippen LogP contribution in [-0.4, -0.2) is 28.8 Å². The maximum absolute atomic E-state index is 10.3. The summed E-state index contributed by atoms with van der Waals surface area (Å²) in [6.07, 6.45) is 1.84. The lowest BCUT2D eigenvalue weighted by molar-refractivity contribution is -0.0299. The highest BCUT2D eigenvalue weighted by Gasteiger charge is 2.44. The molecule has 1 aromatic carbocycles. The number of para-hydroxylation sites is 1. The summed E-state index contributed by atoms with van der Waals surface area (Å²) in [4.78, 5) is 6.59. The molecule has 1 aliphatic heterocycles. The Kier molecular flexibility index (Phi) is 2.52. The highest BCUT2D eigenvalue weighted by Crippen LogP contribution is 2.35. The van der Waals surface area contributed by atoms with Crippen molar-refractivity contribution < 1.29 is 5.11 Å². The molecule has 18 heavy (non-hydrogen) atoms. The minimum Gasteiger partial charge on any atom is -0.386 e. The van der Waals surface area contributed by atoms with Crippen LogP contribution in [0, 0.1) is 5.92 Å². The number of benzene rings is 1. The molecule has 0 bridgehead atoms. The summed E-state index contributed by atoms with van der Waals surface area (Å²) >= 11 is 0. The maximum atomic E-state index is 10.3. The van der Waals surface area contributed by atoms with E-state index in [1.807, 2.05) is 30.5 Å². The van der Waals surface area contributed by atoms with E-state index in [0.717, 1.165) is 10.9 Å². The SMILES string of the molecule is CC(C)C1(O)CN(c2ccnc3ccccc23)C1. The topological polar surface area (TPSA) is 36.4 Å². The third-order valence-corrected chi connectivity index (χ3v) is 3.97. The van der Waals surface area contributed by atoms with Crippen LogP contribution in [0.15, 0.2) is 36.5 Å². The van der Waals surface area contributed by atoms with Crippen LogP contribution in [0.4, 0.5) is 5.69 Å². The molecule has 3 rings (SSSR count). The summed E-state index contributed by atoms with van der Waals surface area (Å²) in [7, 11) is 0. The van der Waals surface area contributed by atoms with Gasteiger partial charge in [-0.25, -0.2) is 0 Å². The van der Waals surface area contributed by atoms with Crippen molar-refractivity contribution in [2.45, 2.75) is 19.4 Å². The third-order valence-electron chi connectivity index (χ3n) is 3.97. The van der Waals surface area contributed by atoms with Crippen molar-refractivity contribution >= 4 is 16.6 Å². The molecule has 3 heteroatoms. The van der Waals surface area contributed by atoms with Gasteiger partial charge in [0, 0.05) is 30.4 Å². The normalized spacial score (nSPS) is 18.1. The molecule has 2 heterocycles. The summed E-state index contributed by atoms with van der Waals surface area (Å²) in [5, 5.41) is 11.5. The lowest BCUT2D eigenvalue weighted by Gasteiger charge is -2.50. The fourth-order valence-corrected chi connectivity index (χ4v) is 2.51. The van der Waals surface area contributed by atoms with Gasteiger partial charge in [-0.2, -0.15) is 0 Å². The molecule has 0 spiro atoms. The summed E-state index contributed by atoms with van der Waals surface area (Å²) < 4.78 is 0. The van der Waals surface area contributed by atoms with Crippen LogP contribution in [0.2, 0.25) is 0 Å². The van der Waals surface area contributed by atoms with E-state index < -0.39 is 5.60 Å². The molecule has 0 radical (unpaired) electrons. The lowest BCUT2D eigenvalue weighted by atomic mass is 9.82. The second kappa shape index (κ2) is 3.95. The van der Waals surface area contributed by atoms with Gasteiger partial charge in [-0.1, -0.05) is 32.0 Å². The number of aliphatic hydroxyl groups is 1. The fourth-order valence-electron chi connectivity index (χ4n) is 2.51. The zero-order valence-electron chi connectivity index (χ0n) is 10.8. The molecule has 2 aromatic rings. The van der Waals surface area contributed by atoms with E-state index in [1.165, 1.54) is 5.69 Å². The Balaban J connectivity index is 1.94. The zero-order chi connectivity index (χ0) is 12.8. The van der Waals surface area contributed by atoms with E-state index in [1.54, 1.807) is 0 Å². The Morgan fingerprint density at radius 1 is 1.22 bits per heavy atom. The van der Waals surface area contributed by atoms with E-state index >= 15 is 0 Å². The van der Waals surface area contributed by atoms with Crippen LogP contribution in [0.25, 0.3) is 10.9 Å². The molecule has 0 atom stereocenters. The monoisotopic (exact) mass is 242 g/mol. The number of pyridine rings is 1. The minimum atomic E-state index is -0.537. The molecule has 1 saturated heterocycles. The standard InChI is InChI=1S/C15H18N2O/c1-11(2)15(18)9-17(10-15)14-7-8-16-13-6-4-3-5-12(13)14/h3-8,11,18H,9-10H2,1-2H3. The fraction of sp³-hybridized carbons (Fsp3) is 0.400. The first-order chi connectivity index (χ1) is 8.60. The number of rotatable bonds is 2. The zero-order valence-corrected chi connectivity index (χ0v) is 10.8. The number of aromatic nitrogens is 1. The number of fused-ring (bicyclic) bond motifs is 1. The van der Waals surface area contributed by atoms with E-state index in [0.29, 0.717) is 19.0 Å². The number of β-amino-alcohol motifs (C(OH)–C–C–N with tert-alkyl or cyclic N) is 1. The van der Waals surface area contributed by atoms with Gasteiger partial charge in [0.1, 0.15) is 5.60 Å². The average Bonchev–Trinajstić information content (AvgIpc) is 2.34. The molecule has 0 saturated carbocycles. The predicted octanol–water partition coefficient (Wildman–Crippen LogP) is 2.44. The Labute approximate surface area is 107 Å². The molecule has 0 unspecified atom stereocenters. The van der Waals surface area contributed by atoms with Gasteiger partial charge in [0.2, 0.25) is 0 Å². The van der Waals surface area contributed by atoms with Crippen molar-refractivity contribution in [1.82, 2.24) is 4.98 Å². The van der Waals surface area contributed by atoms with Crippen molar-refractivity contribution in [1.29, 1.82) is 0 Å². The molecular weight excluding hydrogens is 224 g/mol. The molecule has 1 fully saturated rings. The van der Waals surface area contributed by atoms with Crippen LogP contribution >= 0.6 is 0 Å². The van der Waals surface area contributed by atoms with E-state index in [9.17, 15) is 5.11 Å². The van der Waals surface area contributed by atoms with Crippen LogP contribution in [0.5, 0.6) is 0 Å². The highest BCUT2D eigenvalue weighted by molar-refractivity contribution is 5.91. The first-order valence-electron chi connectivity index (χ1n) is 6.41. The van der Waals surface area contributed by atoms with Crippen molar-refractivity contribution in [2.24, 2.45) is 5.92 Å². The van der Waals surface area contributed by atoms with Gasteiger partial charge < -0.3 is 10.0 Å². The van der Waals surface area contributed by atoms with E-state index in [-0.39, 0.29) is 0 Å². The van der Waals surface area contributed by atoms with Crippen molar-refractivity contribution in [3.05, 3.63) is 36.5 Å². The summed E-state index contributed by atoms with van der Waals surface area (Å²) in [6.45, 7) is 5.56. The Bertz CT molecular complexity index is 568. The molecule has 1 aromatic heterocycles. The summed E-state index contributed by atoms with van der Waals surface area (Å²) in [5.41, 5.74) is 1.64. The van der Waals surface area contributed by atoms with Crippen LogP contribution in [0.1, 0.15) is 13.8 Å². The molecule has 94 valence electrons. The average molecular weight is 242 g/mol. The second-order valence-corrected chi connectivity index (χ2v) is 5.46.